The molecule has 24 heavy (non-hydrogen) atoms. The predicted octanol–water partition coefficient (Wildman–Crippen LogP) is 1.81. The van der Waals surface area contributed by atoms with Gasteiger partial charge in [-0.2, -0.15) is 0 Å². The smallest absolute Gasteiger partial charge is 0.325 e. The fraction of sp³-hybridized carbons (Fsp3) is 0.235. The van der Waals surface area contributed by atoms with Crippen molar-refractivity contribution in [2.45, 2.75) is 13.8 Å². The van der Waals surface area contributed by atoms with Crippen LogP contribution in [0, 0.1) is 13.8 Å². The quantitative estimate of drug-likeness (QED) is 0.787. The maximum absolute atomic E-state index is 11.8. The number of ether oxygens (including phenoxy) is 1. The molecule has 0 unspecified atom stereocenters. The maximum atomic E-state index is 11.8. The summed E-state index contributed by atoms with van der Waals surface area (Å²) in [6.45, 7) is 3.06. The molecule has 0 atom stereocenters. The minimum absolute atomic E-state index is 0.0929. The first kappa shape index (κ1) is 17.3. The minimum atomic E-state index is -0.717. The molecule has 0 spiro atoms. The van der Waals surface area contributed by atoms with Gasteiger partial charge in [0.2, 0.25) is 0 Å². The monoisotopic (exact) mass is 330 g/mol. The van der Waals surface area contributed by atoms with Crippen LogP contribution in [0.5, 0.6) is 0 Å². The van der Waals surface area contributed by atoms with Crippen LogP contribution in [0.25, 0.3) is 0 Å². The van der Waals surface area contributed by atoms with Gasteiger partial charge in [0.05, 0.1) is 6.26 Å². The van der Waals surface area contributed by atoms with E-state index >= 15 is 0 Å². The number of rotatable bonds is 6. The summed E-state index contributed by atoms with van der Waals surface area (Å²) in [5.41, 5.74) is 2.67. The van der Waals surface area contributed by atoms with Crippen LogP contribution in [-0.4, -0.2) is 30.9 Å². The van der Waals surface area contributed by atoms with Gasteiger partial charge >= 0.3 is 5.97 Å². The van der Waals surface area contributed by atoms with Crippen molar-refractivity contribution in [3.8, 4) is 0 Å². The molecule has 2 rings (SSSR count). The van der Waals surface area contributed by atoms with E-state index in [1.54, 1.807) is 6.07 Å². The Balaban J connectivity index is 1.73. The second-order valence-corrected chi connectivity index (χ2v) is 5.25. The minimum Gasteiger partial charge on any atom is -0.459 e. The molecule has 1 aromatic heterocycles. The largest absolute Gasteiger partial charge is 0.459 e. The average molecular weight is 330 g/mol. The number of esters is 1. The number of anilines is 1. The van der Waals surface area contributed by atoms with Gasteiger partial charge in [0, 0.05) is 5.69 Å². The first-order valence-electron chi connectivity index (χ1n) is 7.29. The third-order valence-corrected chi connectivity index (χ3v) is 3.01. The van der Waals surface area contributed by atoms with Gasteiger partial charge in [-0.3, -0.25) is 14.4 Å². The van der Waals surface area contributed by atoms with E-state index in [1.807, 2.05) is 32.0 Å². The number of nitrogens with one attached hydrogen (secondary N) is 2. The van der Waals surface area contributed by atoms with E-state index < -0.39 is 24.4 Å². The molecule has 7 nitrogen and oxygen atoms in total. The molecule has 126 valence electrons. The van der Waals surface area contributed by atoms with Crippen molar-refractivity contribution in [3.05, 3.63) is 53.5 Å². The Morgan fingerprint density at radius 2 is 1.83 bits per heavy atom. The van der Waals surface area contributed by atoms with Crippen molar-refractivity contribution < 1.29 is 23.5 Å². The highest BCUT2D eigenvalue weighted by Crippen LogP contribution is 2.13. The molecule has 0 saturated heterocycles. The summed E-state index contributed by atoms with van der Waals surface area (Å²) in [6.07, 6.45) is 1.35. The summed E-state index contributed by atoms with van der Waals surface area (Å²) in [5, 5.41) is 4.98. The molecule has 2 amide bonds. The molecule has 0 aliphatic heterocycles. The highest BCUT2D eigenvalue weighted by molar-refractivity contribution is 5.95. The molecular weight excluding hydrogens is 312 g/mol. The lowest BCUT2D eigenvalue weighted by atomic mass is 10.1. The number of benzene rings is 1. The Kier molecular flexibility index (Phi) is 5.73. The van der Waals surface area contributed by atoms with Crippen LogP contribution in [0.3, 0.4) is 0 Å². The molecule has 0 radical (unpaired) electrons. The molecule has 0 bridgehead atoms. The summed E-state index contributed by atoms with van der Waals surface area (Å²) >= 11 is 0. The third-order valence-electron chi connectivity index (χ3n) is 3.01. The van der Waals surface area contributed by atoms with Gasteiger partial charge in [-0.05, 0) is 49.2 Å². The number of hydrogen-bond donors (Lipinski definition) is 2. The fourth-order valence-corrected chi connectivity index (χ4v) is 2.09. The molecule has 0 aliphatic rings. The van der Waals surface area contributed by atoms with Gasteiger partial charge in [-0.25, -0.2) is 0 Å². The van der Waals surface area contributed by atoms with Crippen molar-refractivity contribution in [2.24, 2.45) is 0 Å². The maximum Gasteiger partial charge on any atom is 0.325 e. The predicted molar refractivity (Wildman–Crippen MR) is 86.5 cm³/mol. The Labute approximate surface area is 139 Å². The van der Waals surface area contributed by atoms with Crippen molar-refractivity contribution >= 4 is 23.5 Å². The zero-order valence-corrected chi connectivity index (χ0v) is 13.4. The summed E-state index contributed by atoms with van der Waals surface area (Å²) in [4.78, 5) is 34.9. The van der Waals surface area contributed by atoms with Crippen molar-refractivity contribution in [1.82, 2.24) is 5.32 Å². The Morgan fingerprint density at radius 1 is 1.12 bits per heavy atom. The number of carbonyl (C=O) groups is 3. The zero-order chi connectivity index (χ0) is 17.5. The number of carbonyl (C=O) groups excluding carboxylic acids is 3. The third kappa shape index (κ3) is 5.28. The van der Waals surface area contributed by atoms with Crippen LogP contribution in [0.4, 0.5) is 5.69 Å². The Morgan fingerprint density at radius 3 is 2.46 bits per heavy atom. The van der Waals surface area contributed by atoms with Gasteiger partial charge in [0.25, 0.3) is 11.8 Å². The first-order chi connectivity index (χ1) is 11.4. The van der Waals surface area contributed by atoms with E-state index in [-0.39, 0.29) is 12.3 Å². The van der Waals surface area contributed by atoms with Gasteiger partial charge in [0.15, 0.2) is 12.4 Å². The van der Waals surface area contributed by atoms with E-state index in [1.165, 1.54) is 12.3 Å². The average Bonchev–Trinajstić information content (AvgIpc) is 3.04. The van der Waals surface area contributed by atoms with Crippen molar-refractivity contribution in [3.63, 3.8) is 0 Å². The zero-order valence-electron chi connectivity index (χ0n) is 13.4. The molecule has 2 N–H and O–H groups in total. The van der Waals surface area contributed by atoms with Gasteiger partial charge in [-0.15, -0.1) is 0 Å². The van der Waals surface area contributed by atoms with Crippen LogP contribution in [0.15, 0.2) is 41.0 Å². The Hall–Kier alpha value is -3.09. The topological polar surface area (TPSA) is 97.6 Å². The SMILES string of the molecule is Cc1cc(C)cc(NC(=O)COC(=O)CNC(=O)c2ccco2)c1. The van der Waals surface area contributed by atoms with E-state index in [9.17, 15) is 14.4 Å². The van der Waals surface area contributed by atoms with Gasteiger partial charge < -0.3 is 19.8 Å². The Bertz CT molecular complexity index is 717. The van der Waals surface area contributed by atoms with Crippen molar-refractivity contribution in [2.75, 3.05) is 18.5 Å². The first-order valence-corrected chi connectivity index (χ1v) is 7.29. The lowest BCUT2D eigenvalue weighted by Gasteiger charge is -2.08. The van der Waals surface area contributed by atoms with E-state index in [0.29, 0.717) is 5.69 Å². The van der Waals surface area contributed by atoms with Gasteiger partial charge in [0.1, 0.15) is 6.54 Å². The molecule has 1 aromatic carbocycles. The lowest BCUT2D eigenvalue weighted by Crippen LogP contribution is -2.32. The van der Waals surface area contributed by atoms with E-state index in [4.69, 9.17) is 9.15 Å². The normalized spacial score (nSPS) is 10.1. The van der Waals surface area contributed by atoms with Crippen LogP contribution in [0.2, 0.25) is 0 Å². The highest BCUT2D eigenvalue weighted by Gasteiger charge is 2.12. The van der Waals surface area contributed by atoms with Crippen LogP contribution in [0.1, 0.15) is 21.7 Å². The molecule has 1 heterocycles. The number of aryl methyl sites for hydroxylation is 2. The molecule has 7 heteroatoms. The van der Waals surface area contributed by atoms with Crippen LogP contribution in [-0.2, 0) is 14.3 Å². The summed E-state index contributed by atoms with van der Waals surface area (Å²) in [6, 6.07) is 8.65. The molecular formula is C17H18N2O5. The summed E-state index contributed by atoms with van der Waals surface area (Å²) in [7, 11) is 0. The van der Waals surface area contributed by atoms with Crippen LogP contribution < -0.4 is 10.6 Å². The standard InChI is InChI=1S/C17H18N2O5/c1-11-6-12(2)8-13(7-11)19-15(20)10-24-16(21)9-18-17(22)14-4-3-5-23-14/h3-8H,9-10H2,1-2H3,(H,18,22)(H,19,20). The fourth-order valence-electron chi connectivity index (χ4n) is 2.09. The van der Waals surface area contributed by atoms with Gasteiger partial charge in [-0.1, -0.05) is 6.07 Å². The molecule has 0 aliphatic carbocycles. The molecule has 0 saturated carbocycles. The number of furan rings is 1. The number of amides is 2. The van der Waals surface area contributed by atoms with E-state index in [2.05, 4.69) is 10.6 Å². The second-order valence-electron chi connectivity index (χ2n) is 5.25. The molecule has 0 fully saturated rings. The van der Waals surface area contributed by atoms with E-state index in [0.717, 1.165) is 11.1 Å². The highest BCUT2D eigenvalue weighted by atomic mass is 16.5. The lowest BCUT2D eigenvalue weighted by molar-refractivity contribution is -0.146. The molecule has 2 aromatic rings. The summed E-state index contributed by atoms with van der Waals surface area (Å²) < 4.78 is 9.69. The second kappa shape index (κ2) is 7.96. The number of hydrogen-bond acceptors (Lipinski definition) is 5. The van der Waals surface area contributed by atoms with Crippen molar-refractivity contribution in [1.29, 1.82) is 0 Å². The summed E-state index contributed by atoms with van der Waals surface area (Å²) in [5.74, 6) is -1.61. The van der Waals surface area contributed by atoms with Crippen LogP contribution >= 0.6 is 0 Å².